The van der Waals surface area contributed by atoms with Gasteiger partial charge in [-0.3, -0.25) is 4.79 Å². The molecular formula is C21H23N3O2. The predicted octanol–water partition coefficient (Wildman–Crippen LogP) is 4.15. The van der Waals surface area contributed by atoms with Gasteiger partial charge in [0.1, 0.15) is 11.6 Å². The summed E-state index contributed by atoms with van der Waals surface area (Å²) < 4.78 is 7.56. The second kappa shape index (κ2) is 6.48. The third kappa shape index (κ3) is 2.73. The monoisotopic (exact) mass is 349 g/mol. The summed E-state index contributed by atoms with van der Waals surface area (Å²) in [7, 11) is 1.64. The first kappa shape index (κ1) is 16.6. The van der Waals surface area contributed by atoms with E-state index in [1.807, 2.05) is 47.4 Å². The summed E-state index contributed by atoms with van der Waals surface area (Å²) in [6.45, 7) is 4.96. The van der Waals surface area contributed by atoms with Gasteiger partial charge in [0.05, 0.1) is 18.1 Å². The van der Waals surface area contributed by atoms with Crippen LogP contribution in [-0.4, -0.2) is 29.1 Å². The highest BCUT2D eigenvalue weighted by molar-refractivity contribution is 5.96. The van der Waals surface area contributed by atoms with Gasteiger partial charge in [-0.25, -0.2) is 4.98 Å². The average molecular weight is 349 g/mol. The Morgan fingerprint density at radius 3 is 2.73 bits per heavy atom. The van der Waals surface area contributed by atoms with Gasteiger partial charge in [-0.1, -0.05) is 18.2 Å². The first-order valence-electron chi connectivity index (χ1n) is 8.99. The van der Waals surface area contributed by atoms with Crippen LogP contribution in [0.3, 0.4) is 0 Å². The van der Waals surface area contributed by atoms with Crippen molar-refractivity contribution in [3.05, 3.63) is 54.4 Å². The smallest absolute Gasteiger partial charge is 0.227 e. The lowest BCUT2D eigenvalue weighted by atomic mass is 10.1. The number of fused-ring (bicyclic) bond motifs is 1. The number of nitrogens with zero attached hydrogens (tertiary/aromatic N) is 3. The molecule has 2 aromatic carbocycles. The quantitative estimate of drug-likeness (QED) is 0.711. The van der Waals surface area contributed by atoms with Crippen molar-refractivity contribution in [1.82, 2.24) is 9.55 Å². The minimum atomic E-state index is 0.0866. The van der Waals surface area contributed by atoms with E-state index < -0.39 is 0 Å². The third-order valence-electron chi connectivity index (χ3n) is 4.99. The number of para-hydroxylation sites is 2. The van der Waals surface area contributed by atoms with Crippen molar-refractivity contribution < 1.29 is 9.53 Å². The van der Waals surface area contributed by atoms with Crippen LogP contribution in [0.1, 0.15) is 38.1 Å². The van der Waals surface area contributed by atoms with Crippen molar-refractivity contribution in [2.24, 2.45) is 0 Å². The summed E-state index contributed by atoms with van der Waals surface area (Å²) >= 11 is 0. The van der Waals surface area contributed by atoms with Gasteiger partial charge in [0.25, 0.3) is 0 Å². The molecule has 0 spiro atoms. The van der Waals surface area contributed by atoms with Gasteiger partial charge in [-0.05, 0) is 38.1 Å². The molecule has 0 radical (unpaired) electrons. The van der Waals surface area contributed by atoms with Crippen molar-refractivity contribution in [2.45, 2.75) is 32.2 Å². The lowest BCUT2D eigenvalue weighted by molar-refractivity contribution is -0.117. The van der Waals surface area contributed by atoms with Crippen molar-refractivity contribution in [2.75, 3.05) is 18.6 Å². The number of methoxy groups -OCH3 is 1. The Hall–Kier alpha value is -2.82. The number of benzene rings is 2. The lowest BCUT2D eigenvalue weighted by Gasteiger charge is -2.19. The zero-order valence-corrected chi connectivity index (χ0v) is 15.3. The van der Waals surface area contributed by atoms with Crippen LogP contribution in [0.5, 0.6) is 5.75 Å². The lowest BCUT2D eigenvalue weighted by Crippen LogP contribution is -2.24. The molecule has 4 rings (SSSR count). The first-order chi connectivity index (χ1) is 12.6. The minimum absolute atomic E-state index is 0.0866. The molecule has 0 unspecified atom stereocenters. The third-order valence-corrected chi connectivity index (χ3v) is 4.99. The Morgan fingerprint density at radius 2 is 1.96 bits per heavy atom. The summed E-state index contributed by atoms with van der Waals surface area (Å²) in [5.74, 6) is 1.97. The standard InChI is InChI=1S/C21H23N3O2/c1-14(2)24-19-10-5-4-9-18(19)22-21(24)15-11-20(25)23(13-15)16-7-6-8-17(12-16)26-3/h4-10,12,14-15H,11,13H2,1-3H3/t15-/m0/s1. The van der Waals surface area contributed by atoms with E-state index >= 15 is 0 Å². The van der Waals surface area contributed by atoms with Crippen molar-refractivity contribution in [3.8, 4) is 5.75 Å². The molecule has 0 N–H and O–H groups in total. The van der Waals surface area contributed by atoms with Crippen LogP contribution in [0.25, 0.3) is 11.0 Å². The highest BCUT2D eigenvalue weighted by atomic mass is 16.5. The predicted molar refractivity (Wildman–Crippen MR) is 103 cm³/mol. The van der Waals surface area contributed by atoms with Crippen LogP contribution in [0, 0.1) is 0 Å². The maximum absolute atomic E-state index is 12.7. The normalized spacial score (nSPS) is 17.5. The minimum Gasteiger partial charge on any atom is -0.497 e. The van der Waals surface area contributed by atoms with Crippen molar-refractivity contribution in [3.63, 3.8) is 0 Å². The van der Waals surface area contributed by atoms with Gasteiger partial charge in [0.15, 0.2) is 0 Å². The number of anilines is 1. The van der Waals surface area contributed by atoms with E-state index in [1.54, 1.807) is 7.11 Å². The second-order valence-corrected chi connectivity index (χ2v) is 7.03. The Labute approximate surface area is 153 Å². The molecule has 2 heterocycles. The van der Waals surface area contributed by atoms with E-state index in [-0.39, 0.29) is 11.8 Å². The van der Waals surface area contributed by atoms with E-state index in [2.05, 4.69) is 24.5 Å². The molecule has 1 atom stereocenters. The maximum Gasteiger partial charge on any atom is 0.227 e. The summed E-state index contributed by atoms with van der Waals surface area (Å²) in [6.07, 6.45) is 0.479. The summed E-state index contributed by atoms with van der Waals surface area (Å²) in [6, 6.07) is 16.1. The Morgan fingerprint density at radius 1 is 1.15 bits per heavy atom. The van der Waals surface area contributed by atoms with Crippen LogP contribution >= 0.6 is 0 Å². The Bertz CT molecular complexity index is 961. The van der Waals surface area contributed by atoms with Gasteiger partial charge in [-0.15, -0.1) is 0 Å². The Kier molecular flexibility index (Phi) is 4.15. The number of carbonyl (C=O) groups excluding carboxylic acids is 1. The SMILES string of the molecule is COc1cccc(N2C[C@@H](c3nc4ccccc4n3C(C)C)CC2=O)c1. The fourth-order valence-corrected chi connectivity index (χ4v) is 3.80. The number of rotatable bonds is 4. The fourth-order valence-electron chi connectivity index (χ4n) is 3.80. The molecule has 0 bridgehead atoms. The van der Waals surface area contributed by atoms with Crippen molar-refractivity contribution >= 4 is 22.6 Å². The zero-order valence-electron chi connectivity index (χ0n) is 15.3. The number of hydrogen-bond donors (Lipinski definition) is 0. The molecule has 1 aliphatic heterocycles. The van der Waals surface area contributed by atoms with Gasteiger partial charge in [0.2, 0.25) is 5.91 Å². The highest BCUT2D eigenvalue weighted by Crippen LogP contribution is 2.35. The number of aromatic nitrogens is 2. The molecule has 1 aliphatic rings. The van der Waals surface area contributed by atoms with Gasteiger partial charge >= 0.3 is 0 Å². The molecular weight excluding hydrogens is 326 g/mol. The van der Waals surface area contributed by atoms with Crippen LogP contribution in [-0.2, 0) is 4.79 Å². The molecule has 0 aliphatic carbocycles. The van der Waals surface area contributed by atoms with Crippen LogP contribution in [0.4, 0.5) is 5.69 Å². The number of ether oxygens (including phenoxy) is 1. The molecule has 1 fully saturated rings. The molecule has 1 amide bonds. The van der Waals surface area contributed by atoms with E-state index in [9.17, 15) is 4.79 Å². The van der Waals surface area contributed by atoms with Gasteiger partial charge in [0, 0.05) is 36.7 Å². The largest absolute Gasteiger partial charge is 0.497 e. The van der Waals surface area contributed by atoms with Crippen LogP contribution in [0.2, 0.25) is 0 Å². The van der Waals surface area contributed by atoms with Gasteiger partial charge in [-0.2, -0.15) is 0 Å². The molecule has 1 saturated heterocycles. The topological polar surface area (TPSA) is 47.4 Å². The van der Waals surface area contributed by atoms with Crippen molar-refractivity contribution in [1.29, 1.82) is 0 Å². The number of imidazole rings is 1. The Balaban J connectivity index is 1.71. The molecule has 3 aromatic rings. The first-order valence-corrected chi connectivity index (χ1v) is 8.99. The molecule has 5 heteroatoms. The van der Waals surface area contributed by atoms with Crippen LogP contribution < -0.4 is 9.64 Å². The summed E-state index contributed by atoms with van der Waals surface area (Å²) in [5.41, 5.74) is 3.00. The van der Waals surface area contributed by atoms with Crippen LogP contribution in [0.15, 0.2) is 48.5 Å². The number of hydrogen-bond acceptors (Lipinski definition) is 3. The average Bonchev–Trinajstić information content (AvgIpc) is 3.22. The molecule has 1 aromatic heterocycles. The van der Waals surface area contributed by atoms with E-state index in [4.69, 9.17) is 9.72 Å². The van der Waals surface area contributed by atoms with E-state index in [0.29, 0.717) is 19.0 Å². The van der Waals surface area contributed by atoms with E-state index in [0.717, 1.165) is 28.3 Å². The summed E-state index contributed by atoms with van der Waals surface area (Å²) in [5, 5.41) is 0. The molecule has 0 saturated carbocycles. The maximum atomic E-state index is 12.7. The second-order valence-electron chi connectivity index (χ2n) is 7.03. The van der Waals surface area contributed by atoms with E-state index in [1.165, 1.54) is 0 Å². The zero-order chi connectivity index (χ0) is 18.3. The fraction of sp³-hybridized carbons (Fsp3) is 0.333. The molecule has 26 heavy (non-hydrogen) atoms. The molecule has 134 valence electrons. The highest BCUT2D eigenvalue weighted by Gasteiger charge is 2.35. The van der Waals surface area contributed by atoms with Gasteiger partial charge < -0.3 is 14.2 Å². The summed E-state index contributed by atoms with van der Waals surface area (Å²) in [4.78, 5) is 19.4. The number of amides is 1. The molecule has 5 nitrogen and oxygen atoms in total. The number of carbonyl (C=O) groups is 1.